The minimum atomic E-state index is -3.86. The smallest absolute Gasteiger partial charge is 0.261 e. The predicted octanol–water partition coefficient (Wildman–Crippen LogP) is 3.23. The molecule has 1 aliphatic rings. The fourth-order valence-corrected chi connectivity index (χ4v) is 4.73. The van der Waals surface area contributed by atoms with E-state index < -0.39 is 10.0 Å². The van der Waals surface area contributed by atoms with E-state index in [1.54, 1.807) is 31.2 Å². The van der Waals surface area contributed by atoms with Gasteiger partial charge in [-0.25, -0.2) is 8.42 Å². The Morgan fingerprint density at radius 1 is 1.18 bits per heavy atom. The van der Waals surface area contributed by atoms with Crippen LogP contribution in [-0.2, 0) is 14.8 Å². The normalized spacial score (nSPS) is 22.5. The molecule has 1 aliphatic heterocycles. The molecule has 0 aromatic heterocycles. The van der Waals surface area contributed by atoms with Gasteiger partial charge in [0.15, 0.2) is 0 Å². The Morgan fingerprint density at radius 3 is 2.55 bits per heavy atom. The molecule has 0 aliphatic carbocycles. The van der Waals surface area contributed by atoms with Crippen LogP contribution in [0.2, 0.25) is 5.02 Å². The number of hydrogen-bond acceptors (Lipinski definition) is 6. The number of carbonyl (C=O) groups excluding carboxylic acids is 1. The third-order valence-corrected chi connectivity index (χ3v) is 7.25. The molecule has 0 radical (unpaired) electrons. The maximum atomic E-state index is 13.3. The van der Waals surface area contributed by atoms with E-state index >= 15 is 0 Å². The van der Waals surface area contributed by atoms with Crippen molar-refractivity contribution in [2.75, 3.05) is 38.6 Å². The summed E-state index contributed by atoms with van der Waals surface area (Å²) in [5.74, 6) is 0.273. The van der Waals surface area contributed by atoms with Crippen LogP contribution in [0.3, 0.4) is 0 Å². The van der Waals surface area contributed by atoms with Gasteiger partial charge in [-0.2, -0.15) is 0 Å². The first-order valence-electron chi connectivity index (χ1n) is 10.7. The van der Waals surface area contributed by atoms with Crippen LogP contribution in [0, 0.1) is 5.92 Å². The highest BCUT2D eigenvalue weighted by molar-refractivity contribution is 7.92. The lowest BCUT2D eigenvalue weighted by molar-refractivity contribution is 0.0281. The van der Waals surface area contributed by atoms with Crippen LogP contribution in [0.25, 0.3) is 0 Å². The van der Waals surface area contributed by atoms with Crippen molar-refractivity contribution in [2.24, 2.45) is 5.92 Å². The summed E-state index contributed by atoms with van der Waals surface area (Å²) < 4.78 is 39.7. The van der Waals surface area contributed by atoms with Crippen LogP contribution in [0.1, 0.15) is 24.2 Å². The van der Waals surface area contributed by atoms with Gasteiger partial charge in [0.1, 0.15) is 12.4 Å². The van der Waals surface area contributed by atoms with E-state index in [1.165, 1.54) is 30.3 Å². The lowest BCUT2D eigenvalue weighted by atomic mass is 10.0. The molecular formula is C23H30ClN3O5S. The Bertz CT molecular complexity index is 1080. The zero-order valence-electron chi connectivity index (χ0n) is 19.2. The Hall–Kier alpha value is -2.33. The molecule has 8 nitrogen and oxygen atoms in total. The molecule has 3 rings (SSSR count). The van der Waals surface area contributed by atoms with E-state index in [2.05, 4.69) is 17.0 Å². The van der Waals surface area contributed by atoms with Gasteiger partial charge in [0.2, 0.25) is 0 Å². The average molecular weight is 496 g/mol. The van der Waals surface area contributed by atoms with Crippen molar-refractivity contribution in [3.8, 4) is 5.75 Å². The maximum Gasteiger partial charge on any atom is 0.261 e. The van der Waals surface area contributed by atoms with Crippen molar-refractivity contribution < 1.29 is 22.7 Å². The Morgan fingerprint density at radius 2 is 1.88 bits per heavy atom. The van der Waals surface area contributed by atoms with Gasteiger partial charge in [-0.1, -0.05) is 18.5 Å². The summed E-state index contributed by atoms with van der Waals surface area (Å²) in [4.78, 5) is 14.9. The first-order chi connectivity index (χ1) is 15.6. The molecule has 1 amide bonds. The number of halogens is 1. The number of fused-ring (bicyclic) bond motifs is 1. The molecule has 0 bridgehead atoms. The summed E-state index contributed by atoms with van der Waals surface area (Å²) >= 11 is 5.86. The lowest BCUT2D eigenvalue weighted by Crippen LogP contribution is -2.44. The summed E-state index contributed by atoms with van der Waals surface area (Å²) in [6.45, 7) is 5.53. The first-order valence-corrected chi connectivity index (χ1v) is 12.5. The van der Waals surface area contributed by atoms with E-state index in [1.807, 2.05) is 6.92 Å². The number of likely N-dealkylation sites (N-methyl/N-ethyl adjacent to an activating group) is 1. The third kappa shape index (κ3) is 6.38. The molecule has 0 saturated carbocycles. The topological polar surface area (TPSA) is 97.0 Å². The van der Waals surface area contributed by atoms with Gasteiger partial charge < -0.3 is 19.7 Å². The van der Waals surface area contributed by atoms with E-state index in [4.69, 9.17) is 21.1 Å². The quantitative estimate of drug-likeness (QED) is 0.676. The van der Waals surface area contributed by atoms with E-state index in [9.17, 15) is 13.2 Å². The average Bonchev–Trinajstić information content (AvgIpc) is 2.78. The second kappa shape index (κ2) is 10.7. The fraction of sp³-hybridized carbons (Fsp3) is 0.435. The number of carbonyl (C=O) groups is 1. The molecule has 10 heteroatoms. The van der Waals surface area contributed by atoms with Gasteiger partial charge in [0, 0.05) is 44.0 Å². The fourth-order valence-electron chi connectivity index (χ4n) is 3.55. The van der Waals surface area contributed by atoms with Crippen molar-refractivity contribution in [3.63, 3.8) is 0 Å². The molecule has 0 saturated heterocycles. The predicted molar refractivity (Wildman–Crippen MR) is 129 cm³/mol. The molecule has 0 unspecified atom stereocenters. The monoisotopic (exact) mass is 495 g/mol. The second-order valence-electron chi connectivity index (χ2n) is 8.33. The molecule has 2 aromatic carbocycles. The number of hydrogen-bond donors (Lipinski definition) is 2. The van der Waals surface area contributed by atoms with Gasteiger partial charge in [0.05, 0.1) is 16.6 Å². The summed E-state index contributed by atoms with van der Waals surface area (Å²) in [5.41, 5.74) is 0.521. The van der Waals surface area contributed by atoms with E-state index in [-0.39, 0.29) is 40.1 Å². The molecule has 3 atom stereocenters. The molecule has 180 valence electrons. The summed E-state index contributed by atoms with van der Waals surface area (Å²) in [6.07, 6.45) is -0.158. The van der Waals surface area contributed by atoms with Gasteiger partial charge in [-0.3, -0.25) is 9.52 Å². The number of amides is 1. The molecule has 2 aromatic rings. The number of sulfonamides is 1. The SMILES string of the molecule is CO[C@H]1CN(C)C(=O)c2cc(NS(=O)(=O)c3ccc(Cl)cc3)ccc2OC[C@H](C)NC[C@@H]1C. The number of rotatable bonds is 4. The Labute approximate surface area is 200 Å². The Kier molecular flexibility index (Phi) is 8.23. The summed E-state index contributed by atoms with van der Waals surface area (Å²) in [5, 5.41) is 3.86. The summed E-state index contributed by atoms with van der Waals surface area (Å²) in [7, 11) is -0.535. The number of ether oxygens (including phenoxy) is 2. The van der Waals surface area contributed by atoms with E-state index in [0.29, 0.717) is 23.9 Å². The van der Waals surface area contributed by atoms with Crippen molar-refractivity contribution in [1.82, 2.24) is 10.2 Å². The molecule has 1 heterocycles. The van der Waals surface area contributed by atoms with E-state index in [0.717, 1.165) is 6.54 Å². The van der Waals surface area contributed by atoms with Crippen LogP contribution < -0.4 is 14.8 Å². The van der Waals surface area contributed by atoms with Crippen LogP contribution in [0.15, 0.2) is 47.4 Å². The van der Waals surface area contributed by atoms with Crippen LogP contribution in [0.5, 0.6) is 5.75 Å². The standard InChI is InChI=1S/C23H30ClN3O5S/c1-15-12-25-16(2)14-32-21-10-7-18(11-20(21)23(28)27(3)13-22(15)31-4)26-33(29,30)19-8-5-17(24)6-9-19/h5-11,15-16,22,25-26H,12-14H2,1-4H3/t15-,16-,22-/m0/s1. The maximum absolute atomic E-state index is 13.3. The van der Waals surface area contributed by atoms with Crippen molar-refractivity contribution in [1.29, 1.82) is 0 Å². The van der Waals surface area contributed by atoms with Crippen molar-refractivity contribution >= 4 is 33.2 Å². The number of nitrogens with one attached hydrogen (secondary N) is 2. The van der Waals surface area contributed by atoms with Crippen molar-refractivity contribution in [2.45, 2.75) is 30.9 Å². The third-order valence-electron chi connectivity index (χ3n) is 5.60. The molecule has 2 N–H and O–H groups in total. The zero-order chi connectivity index (χ0) is 24.2. The van der Waals surface area contributed by atoms with Crippen LogP contribution in [0.4, 0.5) is 5.69 Å². The highest BCUT2D eigenvalue weighted by Gasteiger charge is 2.26. The number of methoxy groups -OCH3 is 1. The Balaban J connectivity index is 1.93. The van der Waals surface area contributed by atoms with Gasteiger partial charge >= 0.3 is 0 Å². The number of anilines is 1. The van der Waals surface area contributed by atoms with Gasteiger partial charge in [-0.15, -0.1) is 0 Å². The van der Waals surface area contributed by atoms with Gasteiger partial charge in [-0.05, 0) is 55.3 Å². The minimum Gasteiger partial charge on any atom is -0.491 e. The minimum absolute atomic E-state index is 0.0492. The van der Waals surface area contributed by atoms with Crippen molar-refractivity contribution in [3.05, 3.63) is 53.1 Å². The molecule has 0 fully saturated rings. The molecule has 0 spiro atoms. The number of benzene rings is 2. The zero-order valence-corrected chi connectivity index (χ0v) is 20.7. The lowest BCUT2D eigenvalue weighted by Gasteiger charge is -2.30. The van der Waals surface area contributed by atoms with Crippen LogP contribution >= 0.6 is 11.6 Å². The number of nitrogens with zero attached hydrogens (tertiary/aromatic N) is 1. The molecular weight excluding hydrogens is 466 g/mol. The largest absolute Gasteiger partial charge is 0.491 e. The van der Waals surface area contributed by atoms with Gasteiger partial charge in [0.25, 0.3) is 15.9 Å². The summed E-state index contributed by atoms with van der Waals surface area (Å²) in [6, 6.07) is 10.6. The highest BCUT2D eigenvalue weighted by Crippen LogP contribution is 2.27. The highest BCUT2D eigenvalue weighted by atomic mass is 35.5. The van der Waals surface area contributed by atoms with Crippen LogP contribution in [-0.4, -0.2) is 65.2 Å². The second-order valence-corrected chi connectivity index (χ2v) is 10.4. The first kappa shape index (κ1) is 25.3. The molecule has 33 heavy (non-hydrogen) atoms.